The fourth-order valence-electron chi connectivity index (χ4n) is 7.14. The second-order valence-corrected chi connectivity index (χ2v) is 20.4. The summed E-state index contributed by atoms with van der Waals surface area (Å²) < 4.78 is 52.9. The molecule has 362 valence electrons. The molecule has 0 fully saturated rings. The Morgan fingerprint density at radius 3 is 1.22 bits per heavy atom. The van der Waals surface area contributed by atoms with Crippen molar-refractivity contribution in [1.29, 1.82) is 0 Å². The van der Waals surface area contributed by atoms with Crippen LogP contribution >= 0.6 is 0 Å². The molecule has 0 radical (unpaired) electrons. The van der Waals surface area contributed by atoms with Gasteiger partial charge in [-0.2, -0.15) is 0 Å². The van der Waals surface area contributed by atoms with Crippen LogP contribution in [0.4, 0.5) is 4.79 Å². The summed E-state index contributed by atoms with van der Waals surface area (Å²) in [5.41, 5.74) is 2.88. The number of hydrogen-bond acceptors (Lipinski definition) is 12. The Morgan fingerprint density at radius 1 is 0.446 bits per heavy atom. The number of benzene rings is 3. The van der Waals surface area contributed by atoms with Gasteiger partial charge in [0.15, 0.2) is 13.2 Å². The van der Waals surface area contributed by atoms with E-state index >= 15 is 0 Å². The van der Waals surface area contributed by atoms with E-state index in [4.69, 9.17) is 40.8 Å². The Kier molecular flexibility index (Phi) is 26.7. The van der Waals surface area contributed by atoms with Gasteiger partial charge in [-0.3, -0.25) is 9.59 Å². The van der Waals surface area contributed by atoms with Crippen molar-refractivity contribution in [3.63, 3.8) is 0 Å². The standard InChI is InChI=1S/C48H75N3O12Si2/c1-8-15-32-49-45(52)37-55-42-26-20-39(21-27-42)47(41-24-30-44(31-25-41)63-48(54)51-34-19-36-65(60-12-5,61-13-6)62-14-7)40-22-28-43(29-23-40)56-38-46(53)50-33-17-16-18-35-64(57-9-2,58-10-3)59-11-4/h20-31,47H,8-19,32-38H2,1-7H3,(H,49,52)(H,50,53)(H,51,54). The SMILES string of the molecule is CCCCNC(=O)COc1ccc(C(c2ccc(OCC(=O)NCCCCC[Si](OCC)(OCC)OCC)cc2)c2ccc(OC(=O)NCCC[Si](OCC)(OCC)OCC)cc2)cc1. The van der Waals surface area contributed by atoms with Crippen LogP contribution in [-0.2, 0) is 36.1 Å². The van der Waals surface area contributed by atoms with Gasteiger partial charge >= 0.3 is 23.7 Å². The van der Waals surface area contributed by atoms with Gasteiger partial charge in [0.1, 0.15) is 17.2 Å². The lowest BCUT2D eigenvalue weighted by molar-refractivity contribution is -0.123. The Bertz CT molecular complexity index is 1740. The van der Waals surface area contributed by atoms with Crippen LogP contribution in [0.25, 0.3) is 0 Å². The normalized spacial score (nSPS) is 12.0. The molecule has 0 saturated heterocycles. The number of ether oxygens (including phenoxy) is 3. The number of amides is 3. The minimum Gasteiger partial charge on any atom is -0.484 e. The molecule has 0 heterocycles. The third-order valence-corrected chi connectivity index (χ3v) is 16.3. The molecule has 0 aliphatic rings. The lowest BCUT2D eigenvalue weighted by Crippen LogP contribution is -2.46. The van der Waals surface area contributed by atoms with E-state index in [1.54, 1.807) is 12.1 Å². The van der Waals surface area contributed by atoms with Crippen molar-refractivity contribution in [2.24, 2.45) is 0 Å². The van der Waals surface area contributed by atoms with E-state index in [1.807, 2.05) is 102 Å². The van der Waals surface area contributed by atoms with Crippen molar-refractivity contribution < 1.29 is 55.2 Å². The first kappa shape index (κ1) is 55.0. The monoisotopic (exact) mass is 941 g/mol. The summed E-state index contributed by atoms with van der Waals surface area (Å²) in [5.74, 6) is 0.939. The minimum atomic E-state index is -2.81. The van der Waals surface area contributed by atoms with Crippen LogP contribution in [0, 0.1) is 0 Å². The second kappa shape index (κ2) is 31.6. The zero-order chi connectivity index (χ0) is 47.2. The first-order chi connectivity index (χ1) is 31.6. The fraction of sp³-hybridized carbons (Fsp3) is 0.562. The quantitative estimate of drug-likeness (QED) is 0.0293. The summed E-state index contributed by atoms with van der Waals surface area (Å²) in [6.07, 6.45) is 4.57. The molecule has 65 heavy (non-hydrogen) atoms. The number of rotatable bonds is 35. The van der Waals surface area contributed by atoms with Crippen LogP contribution in [0.3, 0.4) is 0 Å². The Labute approximate surface area is 389 Å². The average molecular weight is 942 g/mol. The minimum absolute atomic E-state index is 0.0714. The predicted molar refractivity (Wildman–Crippen MR) is 256 cm³/mol. The van der Waals surface area contributed by atoms with E-state index in [1.165, 1.54) is 0 Å². The highest BCUT2D eigenvalue weighted by Crippen LogP contribution is 2.35. The molecule has 0 spiro atoms. The van der Waals surface area contributed by atoms with Gasteiger partial charge in [0.25, 0.3) is 11.8 Å². The third-order valence-electron chi connectivity index (χ3n) is 10.0. The van der Waals surface area contributed by atoms with E-state index < -0.39 is 23.7 Å². The number of carbonyl (C=O) groups is 3. The Hall–Kier alpha value is -4.34. The average Bonchev–Trinajstić information content (AvgIpc) is 3.30. The third kappa shape index (κ3) is 20.4. The van der Waals surface area contributed by atoms with Gasteiger partial charge in [-0.1, -0.05) is 56.2 Å². The molecule has 15 nitrogen and oxygen atoms in total. The van der Waals surface area contributed by atoms with Crippen molar-refractivity contribution in [3.05, 3.63) is 89.5 Å². The van der Waals surface area contributed by atoms with Crippen molar-refractivity contribution in [1.82, 2.24) is 16.0 Å². The van der Waals surface area contributed by atoms with Crippen molar-refractivity contribution in [3.8, 4) is 17.2 Å². The van der Waals surface area contributed by atoms with E-state index in [2.05, 4.69) is 22.9 Å². The molecule has 0 aliphatic carbocycles. The molecular weight excluding hydrogens is 867 g/mol. The summed E-state index contributed by atoms with van der Waals surface area (Å²) in [6.45, 7) is 18.2. The van der Waals surface area contributed by atoms with Crippen LogP contribution in [0.5, 0.6) is 17.2 Å². The molecule has 3 amide bonds. The first-order valence-electron chi connectivity index (χ1n) is 23.5. The molecule has 17 heteroatoms. The topological polar surface area (TPSA) is 170 Å². The lowest BCUT2D eigenvalue weighted by atomic mass is 9.85. The highest BCUT2D eigenvalue weighted by atomic mass is 28.4. The van der Waals surface area contributed by atoms with Gasteiger partial charge in [0.2, 0.25) is 0 Å². The summed E-state index contributed by atoms with van der Waals surface area (Å²) in [4.78, 5) is 37.7. The maximum Gasteiger partial charge on any atom is 0.500 e. The summed E-state index contributed by atoms with van der Waals surface area (Å²) in [5, 5.41) is 8.64. The van der Waals surface area contributed by atoms with Gasteiger partial charge in [-0.15, -0.1) is 0 Å². The first-order valence-corrected chi connectivity index (χ1v) is 27.3. The zero-order valence-corrected chi connectivity index (χ0v) is 41.8. The molecule has 0 bridgehead atoms. The number of carbonyl (C=O) groups excluding carboxylic acids is 3. The van der Waals surface area contributed by atoms with Gasteiger partial charge in [0.05, 0.1) is 0 Å². The largest absolute Gasteiger partial charge is 0.500 e. The number of unbranched alkanes of at least 4 members (excludes halogenated alkanes) is 3. The molecule has 3 aromatic carbocycles. The zero-order valence-electron chi connectivity index (χ0n) is 39.8. The molecular formula is C48H75N3O12Si2. The molecule has 3 aromatic rings. The van der Waals surface area contributed by atoms with Crippen LogP contribution in [-0.4, -0.2) is 108 Å². The van der Waals surface area contributed by atoms with Crippen LogP contribution in [0.1, 0.15) is 110 Å². The van der Waals surface area contributed by atoms with Crippen LogP contribution < -0.4 is 30.2 Å². The molecule has 3 N–H and O–H groups in total. The highest BCUT2D eigenvalue weighted by molar-refractivity contribution is 6.61. The molecule has 0 aliphatic heterocycles. The van der Waals surface area contributed by atoms with E-state index in [9.17, 15) is 14.4 Å². The smallest absolute Gasteiger partial charge is 0.484 e. The molecule has 0 aromatic heterocycles. The Balaban J connectivity index is 1.63. The van der Waals surface area contributed by atoms with Crippen LogP contribution in [0.2, 0.25) is 12.1 Å². The summed E-state index contributed by atoms with van der Waals surface area (Å²) in [6, 6.07) is 24.0. The molecule has 3 rings (SSSR count). The van der Waals surface area contributed by atoms with Crippen LogP contribution in [0.15, 0.2) is 72.8 Å². The highest BCUT2D eigenvalue weighted by Gasteiger charge is 2.40. The predicted octanol–water partition coefficient (Wildman–Crippen LogP) is 8.40. The molecule has 1 atom stereocenters. The van der Waals surface area contributed by atoms with Crippen molar-refractivity contribution in [2.45, 2.75) is 105 Å². The van der Waals surface area contributed by atoms with Gasteiger partial charge in [-0.05, 0) is 120 Å². The van der Waals surface area contributed by atoms with Gasteiger partial charge < -0.3 is 56.7 Å². The number of nitrogens with one attached hydrogen (secondary N) is 3. The summed E-state index contributed by atoms with van der Waals surface area (Å²) >= 11 is 0. The van der Waals surface area contributed by atoms with Crippen molar-refractivity contribution >= 4 is 35.5 Å². The van der Waals surface area contributed by atoms with E-state index in [0.717, 1.165) is 54.8 Å². The Morgan fingerprint density at radius 2 is 0.815 bits per heavy atom. The van der Waals surface area contributed by atoms with Gasteiger partial charge in [0, 0.05) is 77.3 Å². The molecule has 1 unspecified atom stereocenters. The molecule has 0 saturated carbocycles. The maximum absolute atomic E-state index is 12.8. The number of hydrogen-bond donors (Lipinski definition) is 3. The van der Waals surface area contributed by atoms with E-state index in [0.29, 0.717) is 89.0 Å². The maximum atomic E-state index is 12.8. The van der Waals surface area contributed by atoms with Gasteiger partial charge in [-0.25, -0.2) is 4.79 Å². The van der Waals surface area contributed by atoms with E-state index in [-0.39, 0.29) is 30.9 Å². The fourth-order valence-corrected chi connectivity index (χ4v) is 12.4. The lowest BCUT2D eigenvalue weighted by Gasteiger charge is -2.28. The second-order valence-electron chi connectivity index (χ2n) is 15.0. The summed E-state index contributed by atoms with van der Waals surface area (Å²) in [7, 11) is -5.47. The van der Waals surface area contributed by atoms with Crippen molar-refractivity contribution in [2.75, 3.05) is 72.5 Å².